The van der Waals surface area contributed by atoms with Crippen molar-refractivity contribution in [3.63, 3.8) is 0 Å². The number of hydrogen-bond acceptors (Lipinski definition) is 2. The molecule has 0 aromatic heterocycles. The Morgan fingerprint density at radius 2 is 2.05 bits per heavy atom. The first kappa shape index (κ1) is 13.5. The zero-order valence-electron chi connectivity index (χ0n) is 12.1. The molecule has 1 heterocycles. The van der Waals surface area contributed by atoms with Gasteiger partial charge < -0.3 is 4.90 Å². The highest BCUT2D eigenvalue weighted by molar-refractivity contribution is 7.80. The molecule has 1 aliphatic carbocycles. The van der Waals surface area contributed by atoms with Gasteiger partial charge in [-0.3, -0.25) is 0 Å². The number of fused-ring (bicyclic) bond motifs is 1. The van der Waals surface area contributed by atoms with Crippen molar-refractivity contribution in [2.75, 3.05) is 25.4 Å². The molecule has 1 aliphatic heterocycles. The van der Waals surface area contributed by atoms with Crippen LogP contribution in [0.4, 0.5) is 0 Å². The molecule has 1 nitrogen and oxygen atoms in total. The van der Waals surface area contributed by atoms with Gasteiger partial charge in [-0.05, 0) is 48.1 Å². The number of rotatable bonds is 5. The maximum Gasteiger partial charge on any atom is 0.0124 e. The minimum Gasteiger partial charge on any atom is -0.302 e. The highest BCUT2D eigenvalue weighted by Gasteiger charge is 2.60. The van der Waals surface area contributed by atoms with E-state index in [0.717, 1.165) is 11.7 Å². The summed E-state index contributed by atoms with van der Waals surface area (Å²) in [6.07, 6.45) is 2.63. The molecule has 0 radical (unpaired) electrons. The van der Waals surface area contributed by atoms with Crippen LogP contribution in [0.2, 0.25) is 0 Å². The molecular weight excluding hydrogens is 250 g/mol. The van der Waals surface area contributed by atoms with Crippen LogP contribution in [-0.4, -0.2) is 30.3 Å². The van der Waals surface area contributed by atoms with Crippen molar-refractivity contribution in [1.82, 2.24) is 4.90 Å². The van der Waals surface area contributed by atoms with Crippen LogP contribution >= 0.6 is 12.6 Å². The lowest BCUT2D eigenvalue weighted by atomic mass is 9.92. The minimum atomic E-state index is 0.506. The van der Waals surface area contributed by atoms with Crippen LogP contribution in [0, 0.1) is 5.92 Å². The first-order valence-electron chi connectivity index (χ1n) is 7.59. The van der Waals surface area contributed by atoms with Gasteiger partial charge in [-0.2, -0.15) is 12.6 Å². The van der Waals surface area contributed by atoms with Crippen LogP contribution in [0.5, 0.6) is 0 Å². The molecule has 3 rings (SSSR count). The van der Waals surface area contributed by atoms with E-state index in [1.165, 1.54) is 38.0 Å². The number of benzene rings is 1. The Kier molecular flexibility index (Phi) is 3.65. The van der Waals surface area contributed by atoms with Gasteiger partial charge in [-0.25, -0.2) is 0 Å². The number of piperidine rings is 1. The van der Waals surface area contributed by atoms with E-state index >= 15 is 0 Å². The lowest BCUT2D eigenvalue weighted by Crippen LogP contribution is -2.27. The molecule has 2 heteroatoms. The van der Waals surface area contributed by atoms with Crippen LogP contribution in [-0.2, 0) is 5.41 Å². The molecule has 2 aliphatic rings. The average molecular weight is 275 g/mol. The predicted molar refractivity (Wildman–Crippen MR) is 85.2 cm³/mol. The first-order chi connectivity index (χ1) is 9.15. The number of thiol groups is 1. The highest BCUT2D eigenvalue weighted by Crippen LogP contribution is 2.58. The fraction of sp³-hybridized carbons (Fsp3) is 0.647. The molecule has 0 amide bonds. The topological polar surface area (TPSA) is 3.24 Å². The van der Waals surface area contributed by atoms with E-state index in [-0.39, 0.29) is 0 Å². The zero-order valence-corrected chi connectivity index (χ0v) is 13.0. The molecule has 0 spiro atoms. The van der Waals surface area contributed by atoms with Gasteiger partial charge in [0.2, 0.25) is 0 Å². The second-order valence-corrected chi connectivity index (χ2v) is 7.09. The van der Waals surface area contributed by atoms with Crippen molar-refractivity contribution in [3.8, 4) is 0 Å². The van der Waals surface area contributed by atoms with Gasteiger partial charge in [0.25, 0.3) is 0 Å². The molecule has 0 bridgehead atoms. The number of likely N-dealkylation sites (tertiary alicyclic amines) is 1. The summed E-state index contributed by atoms with van der Waals surface area (Å²) < 4.78 is 0. The minimum absolute atomic E-state index is 0.506. The molecule has 1 aromatic carbocycles. The molecule has 0 unspecified atom stereocenters. The Bertz CT molecular complexity index is 439. The molecule has 104 valence electrons. The molecule has 2 atom stereocenters. The van der Waals surface area contributed by atoms with Gasteiger partial charge in [0.15, 0.2) is 0 Å². The predicted octanol–water partition coefficient (Wildman–Crippen LogP) is 3.70. The smallest absolute Gasteiger partial charge is 0.0124 e. The summed E-state index contributed by atoms with van der Waals surface area (Å²) in [5, 5.41) is 0. The molecule has 1 saturated heterocycles. The van der Waals surface area contributed by atoms with E-state index in [4.69, 9.17) is 0 Å². The fourth-order valence-electron chi connectivity index (χ4n) is 3.70. The van der Waals surface area contributed by atoms with E-state index in [0.29, 0.717) is 11.3 Å². The maximum atomic E-state index is 4.32. The summed E-state index contributed by atoms with van der Waals surface area (Å²) in [6.45, 7) is 8.34. The van der Waals surface area contributed by atoms with Crippen molar-refractivity contribution >= 4 is 12.6 Å². The highest BCUT2D eigenvalue weighted by atomic mass is 32.1. The van der Waals surface area contributed by atoms with Gasteiger partial charge in [0, 0.05) is 18.5 Å². The molecule has 2 fully saturated rings. The van der Waals surface area contributed by atoms with E-state index in [2.05, 4.69) is 55.6 Å². The lowest BCUT2D eigenvalue weighted by molar-refractivity contribution is 0.300. The van der Waals surface area contributed by atoms with Crippen LogP contribution in [0.3, 0.4) is 0 Å². The quantitative estimate of drug-likeness (QED) is 0.802. The third-order valence-electron chi connectivity index (χ3n) is 5.00. The van der Waals surface area contributed by atoms with Crippen LogP contribution in [0.15, 0.2) is 24.3 Å². The van der Waals surface area contributed by atoms with Crippen molar-refractivity contribution in [2.24, 2.45) is 5.92 Å². The Labute approximate surface area is 122 Å². The van der Waals surface area contributed by atoms with Crippen LogP contribution in [0.25, 0.3) is 0 Å². The van der Waals surface area contributed by atoms with Gasteiger partial charge in [-0.15, -0.1) is 0 Å². The summed E-state index contributed by atoms with van der Waals surface area (Å²) >= 11 is 4.32. The third kappa shape index (κ3) is 2.45. The SMILES string of the molecule is CC(C)c1ccc([C@@]23C[C@@H]2CN(CCCS)C3)cc1. The summed E-state index contributed by atoms with van der Waals surface area (Å²) in [4.78, 5) is 2.64. The van der Waals surface area contributed by atoms with Crippen molar-refractivity contribution in [3.05, 3.63) is 35.4 Å². The van der Waals surface area contributed by atoms with Gasteiger partial charge in [-0.1, -0.05) is 38.1 Å². The van der Waals surface area contributed by atoms with E-state index in [9.17, 15) is 0 Å². The normalized spacial score (nSPS) is 29.8. The second kappa shape index (κ2) is 5.14. The Morgan fingerprint density at radius 3 is 2.68 bits per heavy atom. The van der Waals surface area contributed by atoms with Crippen molar-refractivity contribution in [1.29, 1.82) is 0 Å². The molecule has 1 saturated carbocycles. The molecular formula is C17H25NS. The van der Waals surface area contributed by atoms with Crippen LogP contribution < -0.4 is 0 Å². The Balaban J connectivity index is 1.70. The average Bonchev–Trinajstić information content (AvgIpc) is 3.00. The maximum absolute atomic E-state index is 4.32. The van der Waals surface area contributed by atoms with Crippen molar-refractivity contribution < 1.29 is 0 Å². The summed E-state index contributed by atoms with van der Waals surface area (Å²) in [7, 11) is 0. The van der Waals surface area contributed by atoms with E-state index < -0.39 is 0 Å². The van der Waals surface area contributed by atoms with Crippen LogP contribution in [0.1, 0.15) is 43.7 Å². The fourth-order valence-corrected chi connectivity index (χ4v) is 3.84. The molecule has 1 aromatic rings. The first-order valence-corrected chi connectivity index (χ1v) is 8.22. The van der Waals surface area contributed by atoms with Gasteiger partial charge >= 0.3 is 0 Å². The van der Waals surface area contributed by atoms with Gasteiger partial charge in [0.05, 0.1) is 0 Å². The molecule has 19 heavy (non-hydrogen) atoms. The Morgan fingerprint density at radius 1 is 1.32 bits per heavy atom. The largest absolute Gasteiger partial charge is 0.302 e. The van der Waals surface area contributed by atoms with Crippen molar-refractivity contribution in [2.45, 2.75) is 38.0 Å². The van der Waals surface area contributed by atoms with E-state index in [1.54, 1.807) is 5.56 Å². The zero-order chi connectivity index (χ0) is 13.5. The summed E-state index contributed by atoms with van der Waals surface area (Å²) in [5.74, 6) is 2.56. The Hall–Kier alpha value is -0.470. The number of nitrogens with zero attached hydrogens (tertiary/aromatic N) is 1. The van der Waals surface area contributed by atoms with Gasteiger partial charge in [0.1, 0.15) is 0 Å². The summed E-state index contributed by atoms with van der Waals surface area (Å²) in [5.41, 5.74) is 3.55. The lowest BCUT2D eigenvalue weighted by Gasteiger charge is -2.21. The second-order valence-electron chi connectivity index (χ2n) is 6.65. The monoisotopic (exact) mass is 275 g/mol. The molecule has 0 N–H and O–H groups in total. The number of hydrogen-bond donors (Lipinski definition) is 1. The summed E-state index contributed by atoms with van der Waals surface area (Å²) in [6, 6.07) is 9.44. The third-order valence-corrected chi connectivity index (χ3v) is 5.32. The van der Waals surface area contributed by atoms with E-state index in [1.807, 2.05) is 0 Å². The standard InChI is InChI=1S/C17H25NS/c1-13(2)14-4-6-15(7-5-14)17-10-16(17)11-18(12-17)8-3-9-19/h4-7,13,16,19H,3,8-12H2,1-2H3/t16-,17+/m1/s1.